The van der Waals surface area contributed by atoms with Gasteiger partial charge in [0.05, 0.1) is 0 Å². The second-order valence-corrected chi connectivity index (χ2v) is 6.73. The Kier molecular flexibility index (Phi) is 4.32. The van der Waals surface area contributed by atoms with Gasteiger partial charge in [-0.15, -0.1) is 0 Å². The smallest absolute Gasteiger partial charge is 0.339 e. The van der Waals surface area contributed by atoms with E-state index in [0.717, 1.165) is 5.56 Å². The molecule has 0 aliphatic heterocycles. The molecule has 0 unspecified atom stereocenters. The number of hydrogen-bond donors (Lipinski definition) is 0. The standard InChI is InChI=1S/C12H9ClINO3S/c1-8-2-4-9(5-3-8)19(16,17)18-10-6-7-11(13)15-12(10)14/h2-7H,1H3. The Morgan fingerprint density at radius 1 is 1.16 bits per heavy atom. The van der Waals surface area contributed by atoms with Crippen LogP contribution in [0, 0.1) is 10.6 Å². The molecule has 0 fully saturated rings. The monoisotopic (exact) mass is 409 g/mol. The maximum atomic E-state index is 12.1. The van der Waals surface area contributed by atoms with Crippen molar-refractivity contribution in [3.63, 3.8) is 0 Å². The maximum absolute atomic E-state index is 12.1. The molecule has 4 nitrogen and oxygen atoms in total. The van der Waals surface area contributed by atoms with Gasteiger partial charge < -0.3 is 4.18 Å². The van der Waals surface area contributed by atoms with Crippen molar-refractivity contribution in [3.8, 4) is 5.75 Å². The number of pyridine rings is 1. The van der Waals surface area contributed by atoms with Gasteiger partial charge >= 0.3 is 10.1 Å². The van der Waals surface area contributed by atoms with E-state index in [2.05, 4.69) is 4.98 Å². The first kappa shape index (κ1) is 14.5. The van der Waals surface area contributed by atoms with E-state index in [1.165, 1.54) is 24.3 Å². The second-order valence-electron chi connectivity index (χ2n) is 3.77. The molecule has 7 heteroatoms. The fourth-order valence-corrected chi connectivity index (χ4v) is 3.26. The average Bonchev–Trinajstić information content (AvgIpc) is 2.33. The lowest BCUT2D eigenvalue weighted by Gasteiger charge is -2.08. The van der Waals surface area contributed by atoms with Crippen LogP contribution in [0.1, 0.15) is 5.56 Å². The van der Waals surface area contributed by atoms with E-state index >= 15 is 0 Å². The summed E-state index contributed by atoms with van der Waals surface area (Å²) in [4.78, 5) is 4.03. The van der Waals surface area contributed by atoms with Crippen molar-refractivity contribution in [3.05, 3.63) is 50.8 Å². The number of hydrogen-bond acceptors (Lipinski definition) is 4. The number of aromatic nitrogens is 1. The first-order valence-electron chi connectivity index (χ1n) is 5.22. The molecule has 0 saturated carbocycles. The SMILES string of the molecule is Cc1ccc(S(=O)(=O)Oc2ccc(Cl)nc2I)cc1. The Bertz CT molecular complexity index is 701. The molecule has 0 spiro atoms. The molecule has 0 atom stereocenters. The van der Waals surface area contributed by atoms with Crippen molar-refractivity contribution in [1.82, 2.24) is 4.98 Å². The Morgan fingerprint density at radius 2 is 1.79 bits per heavy atom. The van der Waals surface area contributed by atoms with Gasteiger partial charge in [-0.1, -0.05) is 29.3 Å². The van der Waals surface area contributed by atoms with Crippen LogP contribution in [0.5, 0.6) is 5.75 Å². The number of aryl methyl sites for hydroxylation is 1. The summed E-state index contributed by atoms with van der Waals surface area (Å²) in [5.74, 6) is 0.158. The molecule has 19 heavy (non-hydrogen) atoms. The molecule has 0 N–H and O–H groups in total. The van der Waals surface area contributed by atoms with E-state index in [-0.39, 0.29) is 15.8 Å². The molecule has 1 heterocycles. The van der Waals surface area contributed by atoms with Gasteiger partial charge in [0.25, 0.3) is 0 Å². The minimum absolute atomic E-state index is 0.101. The highest BCUT2D eigenvalue weighted by atomic mass is 127. The van der Waals surface area contributed by atoms with Crippen molar-refractivity contribution in [2.75, 3.05) is 0 Å². The first-order chi connectivity index (χ1) is 8.88. The summed E-state index contributed by atoms with van der Waals surface area (Å²) in [5, 5.41) is 0.282. The highest BCUT2D eigenvalue weighted by molar-refractivity contribution is 14.1. The van der Waals surface area contributed by atoms with Crippen molar-refractivity contribution < 1.29 is 12.6 Å². The van der Waals surface area contributed by atoms with E-state index in [1.807, 2.05) is 29.5 Å². The van der Waals surface area contributed by atoms with Gasteiger partial charge in [0, 0.05) is 0 Å². The van der Waals surface area contributed by atoms with Gasteiger partial charge in [-0.25, -0.2) is 4.98 Å². The zero-order chi connectivity index (χ0) is 14.0. The van der Waals surface area contributed by atoms with Crippen LogP contribution < -0.4 is 4.18 Å². The molecule has 2 rings (SSSR count). The van der Waals surface area contributed by atoms with Crippen LogP contribution in [-0.4, -0.2) is 13.4 Å². The lowest BCUT2D eigenvalue weighted by Crippen LogP contribution is -2.10. The van der Waals surface area contributed by atoms with Gasteiger partial charge in [0.15, 0.2) is 5.75 Å². The van der Waals surface area contributed by atoms with Crippen LogP contribution in [0.25, 0.3) is 0 Å². The quantitative estimate of drug-likeness (QED) is 0.443. The minimum Gasteiger partial charge on any atom is -0.376 e. The normalized spacial score (nSPS) is 11.3. The molecule has 1 aromatic carbocycles. The van der Waals surface area contributed by atoms with E-state index in [1.54, 1.807) is 12.1 Å². The molecule has 0 radical (unpaired) electrons. The van der Waals surface area contributed by atoms with Crippen molar-refractivity contribution in [1.29, 1.82) is 0 Å². The lowest BCUT2D eigenvalue weighted by molar-refractivity contribution is 0.483. The molecule has 0 aliphatic rings. The number of rotatable bonds is 3. The molecule has 0 saturated heterocycles. The first-order valence-corrected chi connectivity index (χ1v) is 8.08. The summed E-state index contributed by atoms with van der Waals surface area (Å²) in [6.07, 6.45) is 0. The van der Waals surface area contributed by atoms with Crippen molar-refractivity contribution >= 4 is 44.3 Å². The third kappa shape index (κ3) is 3.58. The Labute approximate surface area is 130 Å². The maximum Gasteiger partial charge on any atom is 0.339 e. The molecule has 2 aromatic rings. The second kappa shape index (κ2) is 5.64. The summed E-state index contributed by atoms with van der Waals surface area (Å²) < 4.78 is 29.6. The van der Waals surface area contributed by atoms with Crippen LogP contribution in [0.15, 0.2) is 41.3 Å². The summed E-state index contributed by atoms with van der Waals surface area (Å²) in [6.45, 7) is 1.88. The van der Waals surface area contributed by atoms with Crippen LogP contribution in [0.4, 0.5) is 0 Å². The predicted molar refractivity (Wildman–Crippen MR) is 81.0 cm³/mol. The van der Waals surface area contributed by atoms with Crippen molar-refractivity contribution in [2.24, 2.45) is 0 Å². The van der Waals surface area contributed by atoms with Crippen LogP contribution in [-0.2, 0) is 10.1 Å². The summed E-state index contributed by atoms with van der Waals surface area (Å²) in [7, 11) is -3.85. The van der Waals surface area contributed by atoms with Crippen LogP contribution in [0.3, 0.4) is 0 Å². The highest BCUT2D eigenvalue weighted by Crippen LogP contribution is 2.24. The number of halogens is 2. The molecule has 1 aromatic heterocycles. The summed E-state index contributed by atoms with van der Waals surface area (Å²) in [6, 6.07) is 9.37. The minimum atomic E-state index is -3.85. The largest absolute Gasteiger partial charge is 0.376 e. The van der Waals surface area contributed by atoms with E-state index in [9.17, 15) is 8.42 Å². The molecular formula is C12H9ClINO3S. The molecule has 0 aliphatic carbocycles. The van der Waals surface area contributed by atoms with Gasteiger partial charge in [0.2, 0.25) is 0 Å². The fraction of sp³-hybridized carbons (Fsp3) is 0.0833. The van der Waals surface area contributed by atoms with Crippen LogP contribution in [0.2, 0.25) is 5.15 Å². The zero-order valence-electron chi connectivity index (χ0n) is 9.80. The van der Waals surface area contributed by atoms with E-state index in [4.69, 9.17) is 15.8 Å². The van der Waals surface area contributed by atoms with Crippen molar-refractivity contribution in [2.45, 2.75) is 11.8 Å². The molecule has 0 bridgehead atoms. The van der Waals surface area contributed by atoms with Gasteiger partial charge in [0.1, 0.15) is 13.7 Å². The number of benzene rings is 1. The summed E-state index contributed by atoms with van der Waals surface area (Å²) in [5.41, 5.74) is 0.974. The number of nitrogens with zero attached hydrogens (tertiary/aromatic N) is 1. The average molecular weight is 410 g/mol. The third-order valence-corrected chi connectivity index (χ3v) is 4.52. The Morgan fingerprint density at radius 3 is 2.37 bits per heavy atom. The lowest BCUT2D eigenvalue weighted by atomic mass is 10.2. The van der Waals surface area contributed by atoms with E-state index < -0.39 is 10.1 Å². The molecular weight excluding hydrogens is 401 g/mol. The Hall–Kier alpha value is -0.860. The molecule has 100 valence electrons. The zero-order valence-corrected chi connectivity index (χ0v) is 13.5. The third-order valence-electron chi connectivity index (χ3n) is 2.29. The van der Waals surface area contributed by atoms with Gasteiger partial charge in [-0.2, -0.15) is 8.42 Å². The fourth-order valence-electron chi connectivity index (χ4n) is 1.33. The van der Waals surface area contributed by atoms with Gasteiger partial charge in [-0.05, 0) is 53.8 Å². The highest BCUT2D eigenvalue weighted by Gasteiger charge is 2.18. The summed E-state index contributed by atoms with van der Waals surface area (Å²) >= 11 is 7.57. The van der Waals surface area contributed by atoms with E-state index in [0.29, 0.717) is 3.70 Å². The van der Waals surface area contributed by atoms with Crippen LogP contribution >= 0.6 is 34.2 Å². The Balaban J connectivity index is 2.33. The predicted octanol–water partition coefficient (Wildman–Crippen LogP) is 3.42. The topological polar surface area (TPSA) is 56.3 Å². The van der Waals surface area contributed by atoms with Gasteiger partial charge in [-0.3, -0.25) is 0 Å². The molecule has 0 amide bonds.